The Bertz CT molecular complexity index is 308. The van der Waals surface area contributed by atoms with Crippen molar-refractivity contribution in [1.82, 2.24) is 25.5 Å². The number of tetrazole rings is 1. The van der Waals surface area contributed by atoms with Crippen molar-refractivity contribution in [2.24, 2.45) is 0 Å². The summed E-state index contributed by atoms with van der Waals surface area (Å²) >= 11 is 1.84. The second-order valence-electron chi connectivity index (χ2n) is 4.06. The van der Waals surface area contributed by atoms with Gasteiger partial charge >= 0.3 is 0 Å². The zero-order valence-corrected chi connectivity index (χ0v) is 10.5. The Morgan fingerprint density at radius 2 is 2.25 bits per heavy atom. The highest BCUT2D eigenvalue weighted by atomic mass is 32.2. The van der Waals surface area contributed by atoms with Gasteiger partial charge in [0.05, 0.1) is 6.54 Å². The third kappa shape index (κ3) is 3.18. The first-order valence-corrected chi connectivity index (χ1v) is 6.91. The lowest BCUT2D eigenvalue weighted by atomic mass is 10.4. The van der Waals surface area contributed by atoms with Crippen molar-refractivity contribution < 1.29 is 0 Å². The maximum atomic E-state index is 4.10. The zero-order chi connectivity index (χ0) is 11.2. The Morgan fingerprint density at radius 3 is 3.00 bits per heavy atom. The van der Waals surface area contributed by atoms with Crippen molar-refractivity contribution in [3.05, 3.63) is 0 Å². The lowest BCUT2D eigenvalue weighted by molar-refractivity contribution is 0.517. The molecular formula is C10H19N5S. The Morgan fingerprint density at radius 1 is 1.44 bits per heavy atom. The van der Waals surface area contributed by atoms with E-state index in [1.54, 1.807) is 0 Å². The fraction of sp³-hybridized carbons (Fsp3) is 0.900. The molecule has 0 saturated heterocycles. The van der Waals surface area contributed by atoms with Crippen LogP contribution >= 0.6 is 11.8 Å². The molecule has 0 bridgehead atoms. The lowest BCUT2D eigenvalue weighted by Gasteiger charge is -2.08. The van der Waals surface area contributed by atoms with Crippen LogP contribution in [-0.4, -0.2) is 38.5 Å². The molecule has 0 unspecified atom stereocenters. The molecule has 0 spiro atoms. The Hall–Kier alpha value is -0.620. The summed E-state index contributed by atoms with van der Waals surface area (Å²) in [6, 6.07) is 0. The number of thioether (sulfide) groups is 1. The van der Waals surface area contributed by atoms with E-state index in [1.165, 1.54) is 25.7 Å². The summed E-state index contributed by atoms with van der Waals surface area (Å²) in [5.74, 6) is 0. The van der Waals surface area contributed by atoms with Gasteiger partial charge in [-0.2, -0.15) is 0 Å². The van der Waals surface area contributed by atoms with Gasteiger partial charge in [-0.05, 0) is 29.8 Å². The van der Waals surface area contributed by atoms with Gasteiger partial charge in [0, 0.05) is 11.8 Å². The van der Waals surface area contributed by atoms with Crippen LogP contribution in [0.3, 0.4) is 0 Å². The van der Waals surface area contributed by atoms with E-state index >= 15 is 0 Å². The molecule has 1 heterocycles. The highest BCUT2D eigenvalue weighted by molar-refractivity contribution is 7.99. The molecule has 1 aromatic heterocycles. The highest BCUT2D eigenvalue weighted by Crippen LogP contribution is 2.33. The second-order valence-corrected chi connectivity index (χ2v) is 5.33. The lowest BCUT2D eigenvalue weighted by Crippen LogP contribution is -2.20. The summed E-state index contributed by atoms with van der Waals surface area (Å²) < 4.78 is 1.91. The van der Waals surface area contributed by atoms with Crippen molar-refractivity contribution in [3.63, 3.8) is 0 Å². The van der Waals surface area contributed by atoms with Crippen LogP contribution in [0.25, 0.3) is 0 Å². The van der Waals surface area contributed by atoms with Crippen molar-refractivity contribution in [3.8, 4) is 0 Å². The third-order valence-corrected chi connectivity index (χ3v) is 4.13. The molecule has 5 nitrogen and oxygen atoms in total. The van der Waals surface area contributed by atoms with Crippen LogP contribution in [0.15, 0.2) is 5.16 Å². The minimum atomic E-state index is 0.726. The van der Waals surface area contributed by atoms with E-state index in [9.17, 15) is 0 Å². The van der Waals surface area contributed by atoms with Crippen LogP contribution < -0.4 is 5.32 Å². The predicted octanol–water partition coefficient (Wildman–Crippen LogP) is 1.32. The predicted molar refractivity (Wildman–Crippen MR) is 64.5 cm³/mol. The number of hydrogen-bond acceptors (Lipinski definition) is 5. The molecule has 0 aliphatic heterocycles. The second kappa shape index (κ2) is 6.20. The number of rotatable bonds is 6. The molecule has 0 amide bonds. The van der Waals surface area contributed by atoms with Crippen LogP contribution in [0, 0.1) is 0 Å². The van der Waals surface area contributed by atoms with Crippen LogP contribution in [0.1, 0.15) is 32.6 Å². The summed E-state index contributed by atoms with van der Waals surface area (Å²) in [5.41, 5.74) is 0. The summed E-state index contributed by atoms with van der Waals surface area (Å²) in [6.07, 6.45) is 5.34. The molecule has 1 aliphatic rings. The first kappa shape index (κ1) is 11.9. The number of likely N-dealkylation sites (N-methyl/N-ethyl adjacent to an activating group) is 1. The van der Waals surface area contributed by atoms with Crippen LogP contribution in [-0.2, 0) is 6.54 Å². The topological polar surface area (TPSA) is 55.6 Å². The molecule has 1 N–H and O–H groups in total. The minimum absolute atomic E-state index is 0.726. The third-order valence-electron chi connectivity index (χ3n) is 2.82. The van der Waals surface area contributed by atoms with E-state index in [2.05, 4.69) is 27.8 Å². The van der Waals surface area contributed by atoms with Crippen LogP contribution in [0.2, 0.25) is 0 Å². The summed E-state index contributed by atoms with van der Waals surface area (Å²) in [6.45, 7) is 4.89. The van der Waals surface area contributed by atoms with Crippen molar-refractivity contribution >= 4 is 11.8 Å². The smallest absolute Gasteiger partial charge is 0.209 e. The summed E-state index contributed by atoms with van der Waals surface area (Å²) in [5, 5.41) is 16.9. The van der Waals surface area contributed by atoms with E-state index in [0.717, 1.165) is 30.0 Å². The van der Waals surface area contributed by atoms with Gasteiger partial charge in [-0.1, -0.05) is 31.5 Å². The summed E-state index contributed by atoms with van der Waals surface area (Å²) in [7, 11) is 0. The molecule has 90 valence electrons. The largest absolute Gasteiger partial charge is 0.315 e. The Labute approximate surface area is 100 Å². The van der Waals surface area contributed by atoms with E-state index in [-0.39, 0.29) is 0 Å². The van der Waals surface area contributed by atoms with Gasteiger partial charge < -0.3 is 5.32 Å². The van der Waals surface area contributed by atoms with Gasteiger partial charge in [0.25, 0.3) is 0 Å². The zero-order valence-electron chi connectivity index (χ0n) is 9.72. The average molecular weight is 241 g/mol. The van der Waals surface area contributed by atoms with Crippen LogP contribution in [0.4, 0.5) is 0 Å². The van der Waals surface area contributed by atoms with E-state index < -0.39 is 0 Å². The first-order chi connectivity index (χ1) is 7.90. The highest BCUT2D eigenvalue weighted by Gasteiger charge is 2.19. The molecule has 16 heavy (non-hydrogen) atoms. The van der Waals surface area contributed by atoms with E-state index in [0.29, 0.717) is 0 Å². The molecule has 2 rings (SSSR count). The molecule has 6 heteroatoms. The number of aromatic nitrogens is 4. The molecule has 0 atom stereocenters. The summed E-state index contributed by atoms with van der Waals surface area (Å²) in [4.78, 5) is 0. The monoisotopic (exact) mass is 241 g/mol. The number of hydrogen-bond donors (Lipinski definition) is 1. The molecule has 1 fully saturated rings. The molecule has 0 aromatic carbocycles. The quantitative estimate of drug-likeness (QED) is 0.761. The standard InChI is InChI=1S/C10H19N5S/c1-2-11-7-8-15-10(12-13-14-15)16-9-5-3-4-6-9/h9,11H,2-8H2,1H3. The van der Waals surface area contributed by atoms with Gasteiger partial charge in [0.15, 0.2) is 0 Å². The minimum Gasteiger partial charge on any atom is -0.315 e. The maximum absolute atomic E-state index is 4.10. The van der Waals surface area contributed by atoms with E-state index in [4.69, 9.17) is 0 Å². The van der Waals surface area contributed by atoms with Gasteiger partial charge in [-0.25, -0.2) is 4.68 Å². The van der Waals surface area contributed by atoms with E-state index in [1.807, 2.05) is 16.4 Å². The molecule has 1 aliphatic carbocycles. The SMILES string of the molecule is CCNCCn1nnnc1SC1CCCC1. The van der Waals surface area contributed by atoms with Gasteiger partial charge in [-0.15, -0.1) is 5.10 Å². The molecular weight excluding hydrogens is 222 g/mol. The van der Waals surface area contributed by atoms with Gasteiger partial charge in [-0.3, -0.25) is 0 Å². The van der Waals surface area contributed by atoms with Gasteiger partial charge in [0.1, 0.15) is 0 Å². The Kier molecular flexibility index (Phi) is 4.59. The maximum Gasteiger partial charge on any atom is 0.209 e. The fourth-order valence-electron chi connectivity index (χ4n) is 1.94. The van der Waals surface area contributed by atoms with Crippen LogP contribution in [0.5, 0.6) is 0 Å². The number of nitrogens with zero attached hydrogens (tertiary/aromatic N) is 4. The fourth-order valence-corrected chi connectivity index (χ4v) is 3.14. The Balaban J connectivity index is 1.85. The van der Waals surface area contributed by atoms with Gasteiger partial charge in [0.2, 0.25) is 5.16 Å². The van der Waals surface area contributed by atoms with Crippen molar-refractivity contribution in [2.45, 2.75) is 49.6 Å². The molecule has 1 aromatic rings. The van der Waals surface area contributed by atoms with Crippen molar-refractivity contribution in [1.29, 1.82) is 0 Å². The average Bonchev–Trinajstić information content (AvgIpc) is 2.92. The van der Waals surface area contributed by atoms with Crippen molar-refractivity contribution in [2.75, 3.05) is 13.1 Å². The normalized spacial score (nSPS) is 17.1. The molecule has 0 radical (unpaired) electrons. The first-order valence-electron chi connectivity index (χ1n) is 6.03. The molecule has 1 saturated carbocycles. The number of nitrogens with one attached hydrogen (secondary N) is 1.